The summed E-state index contributed by atoms with van der Waals surface area (Å²) in [4.78, 5) is 10.5. The van der Waals surface area contributed by atoms with E-state index >= 15 is 0 Å². The molecule has 1 unspecified atom stereocenters. The number of rotatable bonds is 4. The van der Waals surface area contributed by atoms with Crippen molar-refractivity contribution in [3.05, 3.63) is 28.3 Å². The Bertz CT molecular complexity index is 740. The standard InChI is InChI=1S/C15H22N2O5S/c1-14(2)9-12(15(3,4)22-14)16-10-7-6-8-11(23(5,20)21)13(10)17(18)19/h6-8,12,16H,9H2,1-5H3. The lowest BCUT2D eigenvalue weighted by Gasteiger charge is -2.28. The van der Waals surface area contributed by atoms with Crippen LogP contribution >= 0.6 is 0 Å². The Morgan fingerprint density at radius 2 is 1.91 bits per heavy atom. The number of hydrogen-bond donors (Lipinski definition) is 1. The molecule has 8 heteroatoms. The summed E-state index contributed by atoms with van der Waals surface area (Å²) >= 11 is 0. The fourth-order valence-electron chi connectivity index (χ4n) is 3.10. The highest BCUT2D eigenvalue weighted by Crippen LogP contribution is 2.41. The number of ether oxygens (including phenoxy) is 1. The number of nitrogens with one attached hydrogen (secondary N) is 1. The lowest BCUT2D eigenvalue weighted by molar-refractivity contribution is -0.386. The molecule has 7 nitrogen and oxygen atoms in total. The molecule has 1 saturated heterocycles. The van der Waals surface area contributed by atoms with Gasteiger partial charge in [0.2, 0.25) is 0 Å². The number of nitrogens with zero attached hydrogens (tertiary/aromatic N) is 1. The maximum Gasteiger partial charge on any atom is 0.310 e. The summed E-state index contributed by atoms with van der Waals surface area (Å²) < 4.78 is 29.6. The zero-order chi connectivity index (χ0) is 17.6. The fraction of sp³-hybridized carbons (Fsp3) is 0.600. The third-order valence-electron chi connectivity index (χ3n) is 3.99. The molecule has 0 bridgehead atoms. The minimum absolute atomic E-state index is 0.175. The van der Waals surface area contributed by atoms with Crippen LogP contribution in [0.2, 0.25) is 0 Å². The van der Waals surface area contributed by atoms with Crippen LogP contribution in [0.1, 0.15) is 34.1 Å². The number of nitro benzene ring substituents is 1. The minimum Gasteiger partial charge on any atom is -0.374 e. The molecular formula is C15H22N2O5S. The molecule has 0 aliphatic carbocycles. The molecule has 0 radical (unpaired) electrons. The van der Waals surface area contributed by atoms with Gasteiger partial charge in [-0.15, -0.1) is 0 Å². The summed E-state index contributed by atoms with van der Waals surface area (Å²) in [7, 11) is -3.70. The van der Waals surface area contributed by atoms with Gasteiger partial charge >= 0.3 is 5.69 Å². The van der Waals surface area contributed by atoms with Crippen molar-refractivity contribution in [1.82, 2.24) is 0 Å². The number of anilines is 1. The molecule has 1 atom stereocenters. The lowest BCUT2D eigenvalue weighted by Crippen LogP contribution is -2.38. The first-order valence-electron chi connectivity index (χ1n) is 7.28. The molecule has 0 spiro atoms. The summed E-state index contributed by atoms with van der Waals surface area (Å²) in [5.74, 6) is 0. The van der Waals surface area contributed by atoms with E-state index in [9.17, 15) is 18.5 Å². The van der Waals surface area contributed by atoms with Crippen molar-refractivity contribution in [1.29, 1.82) is 0 Å². The molecular weight excluding hydrogens is 320 g/mol. The Labute approximate surface area is 136 Å². The maximum absolute atomic E-state index is 11.8. The Hall–Kier alpha value is -1.67. The summed E-state index contributed by atoms with van der Waals surface area (Å²) in [6, 6.07) is 4.10. The molecule has 1 N–H and O–H groups in total. The van der Waals surface area contributed by atoms with E-state index < -0.39 is 26.0 Å². The van der Waals surface area contributed by atoms with E-state index in [1.807, 2.05) is 27.7 Å². The minimum atomic E-state index is -3.70. The first kappa shape index (κ1) is 17.7. The molecule has 1 aromatic carbocycles. The van der Waals surface area contributed by atoms with Gasteiger partial charge in [-0.2, -0.15) is 0 Å². The number of hydrogen-bond acceptors (Lipinski definition) is 6. The lowest BCUT2D eigenvalue weighted by atomic mass is 9.94. The summed E-state index contributed by atoms with van der Waals surface area (Å²) in [6.45, 7) is 7.73. The second-order valence-corrected chi connectivity index (χ2v) is 9.03. The highest BCUT2D eigenvalue weighted by molar-refractivity contribution is 7.90. The third-order valence-corrected chi connectivity index (χ3v) is 5.11. The topological polar surface area (TPSA) is 98.5 Å². The fourth-order valence-corrected chi connectivity index (χ4v) is 3.96. The van der Waals surface area contributed by atoms with Gasteiger partial charge in [0.1, 0.15) is 10.6 Å². The second kappa shape index (κ2) is 5.45. The molecule has 128 valence electrons. The number of sulfone groups is 1. The predicted molar refractivity (Wildman–Crippen MR) is 87.5 cm³/mol. The van der Waals surface area contributed by atoms with E-state index in [0.29, 0.717) is 6.42 Å². The van der Waals surface area contributed by atoms with E-state index in [0.717, 1.165) is 6.26 Å². The summed E-state index contributed by atoms with van der Waals surface area (Å²) in [6.07, 6.45) is 1.62. The van der Waals surface area contributed by atoms with E-state index in [-0.39, 0.29) is 22.2 Å². The monoisotopic (exact) mass is 342 g/mol. The second-order valence-electron chi connectivity index (χ2n) is 7.05. The van der Waals surface area contributed by atoms with Crippen molar-refractivity contribution in [3.8, 4) is 0 Å². The molecule has 0 saturated carbocycles. The smallest absolute Gasteiger partial charge is 0.310 e. The zero-order valence-corrected chi connectivity index (χ0v) is 14.7. The van der Waals surface area contributed by atoms with Crippen LogP contribution in [0.25, 0.3) is 0 Å². The van der Waals surface area contributed by atoms with Crippen LogP contribution in [0.4, 0.5) is 11.4 Å². The number of nitro groups is 1. The van der Waals surface area contributed by atoms with Gasteiger partial charge in [0.25, 0.3) is 0 Å². The highest BCUT2D eigenvalue weighted by Gasteiger charge is 2.46. The largest absolute Gasteiger partial charge is 0.374 e. The Balaban J connectivity index is 2.48. The number of benzene rings is 1. The first-order chi connectivity index (χ1) is 10.3. The van der Waals surface area contributed by atoms with Crippen LogP contribution < -0.4 is 5.32 Å². The molecule has 0 amide bonds. The summed E-state index contributed by atoms with van der Waals surface area (Å²) in [5, 5.41) is 14.5. The van der Waals surface area contributed by atoms with Crippen molar-refractivity contribution in [2.75, 3.05) is 11.6 Å². The quantitative estimate of drug-likeness (QED) is 0.667. The van der Waals surface area contributed by atoms with E-state index in [2.05, 4.69) is 5.32 Å². The van der Waals surface area contributed by atoms with Crippen molar-refractivity contribution in [3.63, 3.8) is 0 Å². The van der Waals surface area contributed by atoms with Gasteiger partial charge in [-0.05, 0) is 46.2 Å². The van der Waals surface area contributed by atoms with Crippen LogP contribution in [0.15, 0.2) is 23.1 Å². The highest BCUT2D eigenvalue weighted by atomic mass is 32.2. The van der Waals surface area contributed by atoms with Crippen LogP contribution in [-0.2, 0) is 14.6 Å². The number of para-hydroxylation sites is 1. The molecule has 2 rings (SSSR count). The summed E-state index contributed by atoms with van der Waals surface area (Å²) in [5.41, 5.74) is -1.11. The molecule has 1 fully saturated rings. The molecule has 1 aromatic rings. The Morgan fingerprint density at radius 1 is 1.30 bits per heavy atom. The van der Waals surface area contributed by atoms with Crippen LogP contribution in [0.5, 0.6) is 0 Å². The van der Waals surface area contributed by atoms with Crippen LogP contribution in [-0.4, -0.2) is 36.8 Å². The average Bonchev–Trinajstić information content (AvgIpc) is 2.55. The first-order valence-corrected chi connectivity index (χ1v) is 9.17. The van der Waals surface area contributed by atoms with Gasteiger partial charge in [0, 0.05) is 6.26 Å². The van der Waals surface area contributed by atoms with Crippen molar-refractivity contribution >= 4 is 21.2 Å². The molecule has 23 heavy (non-hydrogen) atoms. The van der Waals surface area contributed by atoms with Crippen molar-refractivity contribution < 1.29 is 18.1 Å². The molecule has 1 heterocycles. The molecule has 1 aliphatic rings. The predicted octanol–water partition coefficient (Wildman–Crippen LogP) is 2.76. The Kier molecular flexibility index (Phi) is 4.19. The normalized spacial score (nSPS) is 22.7. The maximum atomic E-state index is 11.8. The van der Waals surface area contributed by atoms with Gasteiger partial charge in [0.15, 0.2) is 9.84 Å². The third kappa shape index (κ3) is 3.64. The van der Waals surface area contributed by atoms with E-state index in [1.54, 1.807) is 0 Å². The van der Waals surface area contributed by atoms with Gasteiger partial charge in [-0.1, -0.05) is 6.07 Å². The van der Waals surface area contributed by atoms with E-state index in [4.69, 9.17) is 4.74 Å². The van der Waals surface area contributed by atoms with Gasteiger partial charge in [-0.25, -0.2) is 8.42 Å². The van der Waals surface area contributed by atoms with Crippen LogP contribution in [0.3, 0.4) is 0 Å². The Morgan fingerprint density at radius 3 is 2.35 bits per heavy atom. The van der Waals surface area contributed by atoms with E-state index in [1.165, 1.54) is 18.2 Å². The zero-order valence-electron chi connectivity index (χ0n) is 13.9. The van der Waals surface area contributed by atoms with Crippen molar-refractivity contribution in [2.24, 2.45) is 0 Å². The SMILES string of the molecule is CC1(C)CC(Nc2cccc(S(C)(=O)=O)c2[N+](=O)[O-])C(C)(C)O1. The molecule has 0 aromatic heterocycles. The van der Waals surface area contributed by atoms with Gasteiger partial charge in [-0.3, -0.25) is 10.1 Å². The van der Waals surface area contributed by atoms with Crippen molar-refractivity contribution in [2.45, 2.75) is 56.3 Å². The van der Waals surface area contributed by atoms with Gasteiger partial charge < -0.3 is 10.1 Å². The van der Waals surface area contributed by atoms with Crippen LogP contribution in [0, 0.1) is 10.1 Å². The molecule has 1 aliphatic heterocycles. The van der Waals surface area contributed by atoms with Gasteiger partial charge in [0.05, 0.1) is 22.2 Å². The average molecular weight is 342 g/mol.